The van der Waals surface area contributed by atoms with Crippen molar-refractivity contribution >= 4 is 10.0 Å². The van der Waals surface area contributed by atoms with Crippen molar-refractivity contribution in [2.75, 3.05) is 19.0 Å². The summed E-state index contributed by atoms with van der Waals surface area (Å²) in [6.07, 6.45) is 1.68. The van der Waals surface area contributed by atoms with Gasteiger partial charge in [-0.15, -0.1) is 0 Å². The first-order valence-electron chi connectivity index (χ1n) is 5.33. The molecule has 15 heavy (non-hydrogen) atoms. The first-order valence-corrected chi connectivity index (χ1v) is 6.98. The molecule has 0 bridgehead atoms. The molecule has 6 heteroatoms. The van der Waals surface area contributed by atoms with Crippen LogP contribution in [0.1, 0.15) is 26.2 Å². The summed E-state index contributed by atoms with van der Waals surface area (Å²) in [6.45, 7) is 2.28. The van der Waals surface area contributed by atoms with Gasteiger partial charge >= 0.3 is 0 Å². The van der Waals surface area contributed by atoms with Gasteiger partial charge in [0.2, 0.25) is 10.0 Å². The fraction of sp³-hybridized carbons (Fsp3) is 1.00. The molecule has 0 aliphatic carbocycles. The van der Waals surface area contributed by atoms with E-state index >= 15 is 0 Å². The van der Waals surface area contributed by atoms with Gasteiger partial charge in [-0.1, -0.05) is 0 Å². The maximum atomic E-state index is 11.9. The number of halogens is 1. The molecule has 0 aromatic rings. The maximum absolute atomic E-state index is 11.9. The minimum atomic E-state index is -3.28. The van der Waals surface area contributed by atoms with Crippen molar-refractivity contribution in [2.24, 2.45) is 0 Å². The Bertz CT molecular complexity index is 282. The van der Waals surface area contributed by atoms with Crippen LogP contribution in [0.25, 0.3) is 0 Å². The average molecular weight is 238 g/mol. The van der Waals surface area contributed by atoms with Gasteiger partial charge in [-0.3, -0.25) is 4.39 Å². The fourth-order valence-corrected chi connectivity index (χ4v) is 3.13. The Morgan fingerprint density at radius 1 is 1.53 bits per heavy atom. The van der Waals surface area contributed by atoms with Crippen LogP contribution < -0.4 is 10.0 Å². The van der Waals surface area contributed by atoms with Crippen molar-refractivity contribution in [3.8, 4) is 0 Å². The number of alkyl halides is 1. The monoisotopic (exact) mass is 238 g/mol. The highest BCUT2D eigenvalue weighted by Crippen LogP contribution is 2.09. The molecule has 1 fully saturated rings. The molecule has 1 heterocycles. The molecular weight excluding hydrogens is 219 g/mol. The van der Waals surface area contributed by atoms with E-state index in [1.54, 1.807) is 0 Å². The molecule has 1 aliphatic rings. The Morgan fingerprint density at radius 3 is 2.87 bits per heavy atom. The predicted octanol–water partition coefficient (Wildman–Crippen LogP) is 0.406. The summed E-state index contributed by atoms with van der Waals surface area (Å²) >= 11 is 0. The van der Waals surface area contributed by atoms with Gasteiger partial charge in [-0.2, -0.15) is 0 Å². The predicted molar refractivity (Wildman–Crippen MR) is 58.0 cm³/mol. The van der Waals surface area contributed by atoms with Crippen LogP contribution in [0.15, 0.2) is 0 Å². The highest BCUT2D eigenvalue weighted by molar-refractivity contribution is 7.89. The van der Waals surface area contributed by atoms with Crippen molar-refractivity contribution in [3.63, 3.8) is 0 Å². The van der Waals surface area contributed by atoms with Crippen LogP contribution in [0.4, 0.5) is 4.39 Å². The highest BCUT2D eigenvalue weighted by atomic mass is 32.2. The van der Waals surface area contributed by atoms with E-state index < -0.39 is 16.7 Å². The van der Waals surface area contributed by atoms with Gasteiger partial charge in [-0.05, 0) is 32.7 Å². The van der Waals surface area contributed by atoms with Crippen LogP contribution in [0.5, 0.6) is 0 Å². The van der Waals surface area contributed by atoms with Gasteiger partial charge < -0.3 is 5.32 Å². The Kier molecular flexibility index (Phi) is 4.95. The van der Waals surface area contributed by atoms with Crippen molar-refractivity contribution in [2.45, 2.75) is 38.3 Å². The largest absolute Gasteiger partial charge is 0.314 e. The van der Waals surface area contributed by atoms with Crippen LogP contribution in [0.2, 0.25) is 0 Å². The molecule has 0 radical (unpaired) electrons. The van der Waals surface area contributed by atoms with Gasteiger partial charge in [0.15, 0.2) is 0 Å². The van der Waals surface area contributed by atoms with Gasteiger partial charge in [0.1, 0.15) is 0 Å². The van der Waals surface area contributed by atoms with Crippen LogP contribution in [-0.2, 0) is 10.0 Å². The number of sulfonamides is 1. The quantitative estimate of drug-likeness (QED) is 0.729. The lowest BCUT2D eigenvalue weighted by molar-refractivity contribution is 0.361. The lowest BCUT2D eigenvalue weighted by atomic mass is 10.0. The Labute approximate surface area is 90.7 Å². The van der Waals surface area contributed by atoms with Crippen LogP contribution in [0.3, 0.4) is 0 Å². The molecule has 2 unspecified atom stereocenters. The van der Waals surface area contributed by atoms with E-state index in [2.05, 4.69) is 10.0 Å². The van der Waals surface area contributed by atoms with E-state index in [1.165, 1.54) is 0 Å². The van der Waals surface area contributed by atoms with Crippen LogP contribution in [-0.4, -0.2) is 39.5 Å². The zero-order valence-electron chi connectivity index (χ0n) is 9.00. The van der Waals surface area contributed by atoms with E-state index in [1.807, 2.05) is 6.92 Å². The third-order valence-corrected chi connectivity index (χ3v) is 4.04. The summed E-state index contributed by atoms with van der Waals surface area (Å²) in [5.41, 5.74) is 0. The molecule has 0 aromatic carbocycles. The second-order valence-corrected chi connectivity index (χ2v) is 5.93. The van der Waals surface area contributed by atoms with E-state index in [9.17, 15) is 12.8 Å². The van der Waals surface area contributed by atoms with Gasteiger partial charge in [-0.25, -0.2) is 13.1 Å². The second kappa shape index (κ2) is 5.77. The number of piperidine rings is 1. The summed E-state index contributed by atoms with van der Waals surface area (Å²) in [5.74, 6) is -0.109. The highest BCUT2D eigenvalue weighted by Gasteiger charge is 2.22. The molecular formula is C9H19FN2O2S. The van der Waals surface area contributed by atoms with Crippen molar-refractivity contribution in [3.05, 3.63) is 0 Å². The Balaban J connectivity index is 2.39. The van der Waals surface area contributed by atoms with E-state index in [4.69, 9.17) is 0 Å². The van der Waals surface area contributed by atoms with Crippen molar-refractivity contribution < 1.29 is 12.8 Å². The van der Waals surface area contributed by atoms with Crippen molar-refractivity contribution in [1.29, 1.82) is 0 Å². The number of nitrogens with one attached hydrogen (secondary N) is 2. The average Bonchev–Trinajstić information content (AvgIpc) is 2.14. The maximum Gasteiger partial charge on any atom is 0.211 e. The summed E-state index contributed by atoms with van der Waals surface area (Å²) in [6, 6.07) is 0.346. The van der Waals surface area contributed by atoms with Gasteiger partial charge in [0.05, 0.1) is 12.4 Å². The van der Waals surface area contributed by atoms with E-state index in [0.29, 0.717) is 6.04 Å². The third-order valence-electron chi connectivity index (χ3n) is 2.52. The zero-order chi connectivity index (χ0) is 11.3. The van der Waals surface area contributed by atoms with Crippen LogP contribution >= 0.6 is 0 Å². The number of hydrogen-bond acceptors (Lipinski definition) is 3. The first-order chi connectivity index (χ1) is 7.03. The van der Waals surface area contributed by atoms with Gasteiger partial charge in [0, 0.05) is 12.1 Å². The fourth-order valence-electron chi connectivity index (χ4n) is 1.80. The zero-order valence-corrected chi connectivity index (χ0v) is 9.82. The summed E-state index contributed by atoms with van der Waals surface area (Å²) in [5, 5.41) is 3.25. The lowest BCUT2D eigenvalue weighted by Gasteiger charge is -2.28. The summed E-state index contributed by atoms with van der Waals surface area (Å²) < 4.78 is 37.4. The Morgan fingerprint density at radius 2 is 2.27 bits per heavy atom. The minimum Gasteiger partial charge on any atom is -0.314 e. The molecule has 2 N–H and O–H groups in total. The second-order valence-electron chi connectivity index (χ2n) is 4.06. The molecule has 0 amide bonds. The summed E-state index contributed by atoms with van der Waals surface area (Å²) in [4.78, 5) is 0. The molecule has 2 atom stereocenters. The molecule has 0 aromatic heterocycles. The molecule has 1 rings (SSSR count). The summed E-state index contributed by atoms with van der Waals surface area (Å²) in [7, 11) is -3.28. The number of hydrogen-bond donors (Lipinski definition) is 2. The number of rotatable bonds is 5. The van der Waals surface area contributed by atoms with E-state index in [-0.39, 0.29) is 18.2 Å². The smallest absolute Gasteiger partial charge is 0.211 e. The molecule has 0 saturated carbocycles. The minimum absolute atomic E-state index is 0.00543. The molecule has 1 aliphatic heterocycles. The molecule has 90 valence electrons. The SMILES string of the molecule is CC1CC(NS(=O)(=O)CCCF)CCN1. The lowest BCUT2D eigenvalue weighted by Crippen LogP contribution is -2.47. The van der Waals surface area contributed by atoms with Crippen LogP contribution in [0, 0.1) is 0 Å². The standard InChI is InChI=1S/C9H19FN2O2S/c1-8-7-9(3-5-11-8)12-15(13,14)6-2-4-10/h8-9,11-12H,2-7H2,1H3. The molecule has 0 spiro atoms. The Hall–Kier alpha value is -0.200. The van der Waals surface area contributed by atoms with Crippen molar-refractivity contribution in [1.82, 2.24) is 10.0 Å². The third kappa shape index (κ3) is 4.90. The first kappa shape index (κ1) is 12.9. The normalized spacial score (nSPS) is 27.9. The van der Waals surface area contributed by atoms with Gasteiger partial charge in [0.25, 0.3) is 0 Å². The molecule has 1 saturated heterocycles. The van der Waals surface area contributed by atoms with E-state index in [0.717, 1.165) is 19.4 Å². The topological polar surface area (TPSA) is 58.2 Å². The molecule has 4 nitrogen and oxygen atoms in total.